The lowest BCUT2D eigenvalue weighted by Crippen LogP contribution is -2.34. The van der Waals surface area contributed by atoms with E-state index in [-0.39, 0.29) is 5.56 Å². The first-order chi connectivity index (χ1) is 8.97. The Bertz CT molecular complexity index is 438. The maximum atomic E-state index is 13.5. The SMILES string of the molecule is CCN(CCCN(C)C)C(=O)c1ccnc(F)c1F. The zero-order valence-electron chi connectivity index (χ0n) is 11.5. The summed E-state index contributed by atoms with van der Waals surface area (Å²) in [6.07, 6.45) is 1.88. The van der Waals surface area contributed by atoms with E-state index in [1.54, 1.807) is 0 Å². The minimum Gasteiger partial charge on any atom is -0.339 e. The summed E-state index contributed by atoms with van der Waals surface area (Å²) in [7, 11) is 3.88. The first-order valence-electron chi connectivity index (χ1n) is 6.21. The highest BCUT2D eigenvalue weighted by molar-refractivity contribution is 5.94. The first kappa shape index (κ1) is 15.5. The van der Waals surface area contributed by atoms with Gasteiger partial charge in [-0.2, -0.15) is 4.39 Å². The molecule has 0 aliphatic rings. The first-order valence-corrected chi connectivity index (χ1v) is 6.21. The van der Waals surface area contributed by atoms with E-state index in [4.69, 9.17) is 0 Å². The third-order valence-electron chi connectivity index (χ3n) is 2.78. The molecular weight excluding hydrogens is 252 g/mol. The number of carbonyl (C=O) groups is 1. The average molecular weight is 271 g/mol. The van der Waals surface area contributed by atoms with Crippen molar-refractivity contribution < 1.29 is 13.6 Å². The molecule has 1 aromatic heterocycles. The summed E-state index contributed by atoms with van der Waals surface area (Å²) in [6.45, 7) is 3.60. The van der Waals surface area contributed by atoms with E-state index in [0.717, 1.165) is 19.2 Å². The molecular formula is C13H19F2N3O. The Kier molecular flexibility index (Phi) is 5.82. The highest BCUT2D eigenvalue weighted by atomic mass is 19.2. The Morgan fingerprint density at radius 1 is 1.32 bits per heavy atom. The van der Waals surface area contributed by atoms with Gasteiger partial charge in [-0.3, -0.25) is 4.79 Å². The van der Waals surface area contributed by atoms with Crippen LogP contribution in [0.5, 0.6) is 0 Å². The number of amides is 1. The van der Waals surface area contributed by atoms with Crippen LogP contribution in [0, 0.1) is 11.8 Å². The van der Waals surface area contributed by atoms with Crippen molar-refractivity contribution in [3.63, 3.8) is 0 Å². The molecule has 1 aromatic rings. The van der Waals surface area contributed by atoms with Crippen molar-refractivity contribution in [2.24, 2.45) is 0 Å². The van der Waals surface area contributed by atoms with Crippen LogP contribution in [0.3, 0.4) is 0 Å². The Labute approximate surface area is 112 Å². The van der Waals surface area contributed by atoms with Gasteiger partial charge in [-0.25, -0.2) is 9.37 Å². The second-order valence-corrected chi connectivity index (χ2v) is 4.50. The minimum absolute atomic E-state index is 0.265. The van der Waals surface area contributed by atoms with E-state index < -0.39 is 17.7 Å². The topological polar surface area (TPSA) is 36.4 Å². The molecule has 1 heterocycles. The normalized spacial score (nSPS) is 10.8. The molecule has 0 bridgehead atoms. The fraction of sp³-hybridized carbons (Fsp3) is 0.538. The van der Waals surface area contributed by atoms with Gasteiger partial charge in [-0.15, -0.1) is 0 Å². The maximum absolute atomic E-state index is 13.5. The van der Waals surface area contributed by atoms with E-state index in [9.17, 15) is 13.6 Å². The summed E-state index contributed by atoms with van der Waals surface area (Å²) in [4.78, 5) is 18.8. The molecule has 0 aliphatic carbocycles. The number of rotatable bonds is 6. The molecule has 0 saturated carbocycles. The summed E-state index contributed by atoms with van der Waals surface area (Å²) in [5.41, 5.74) is -0.265. The largest absolute Gasteiger partial charge is 0.339 e. The fourth-order valence-electron chi connectivity index (χ4n) is 1.73. The third-order valence-corrected chi connectivity index (χ3v) is 2.78. The smallest absolute Gasteiger partial charge is 0.257 e. The highest BCUT2D eigenvalue weighted by Crippen LogP contribution is 2.12. The van der Waals surface area contributed by atoms with Crippen molar-refractivity contribution in [1.82, 2.24) is 14.8 Å². The summed E-state index contributed by atoms with van der Waals surface area (Å²) >= 11 is 0. The molecule has 0 saturated heterocycles. The zero-order valence-corrected chi connectivity index (χ0v) is 11.5. The molecule has 19 heavy (non-hydrogen) atoms. The quantitative estimate of drug-likeness (QED) is 0.740. The average Bonchev–Trinajstić information content (AvgIpc) is 2.37. The van der Waals surface area contributed by atoms with Gasteiger partial charge in [0, 0.05) is 19.3 Å². The van der Waals surface area contributed by atoms with E-state index in [1.165, 1.54) is 11.0 Å². The molecule has 0 aliphatic heterocycles. The zero-order chi connectivity index (χ0) is 14.4. The molecule has 4 nitrogen and oxygen atoms in total. The highest BCUT2D eigenvalue weighted by Gasteiger charge is 2.20. The fourth-order valence-corrected chi connectivity index (χ4v) is 1.73. The summed E-state index contributed by atoms with van der Waals surface area (Å²) in [6, 6.07) is 1.20. The van der Waals surface area contributed by atoms with Gasteiger partial charge in [0.2, 0.25) is 5.95 Å². The standard InChI is InChI=1S/C13H19F2N3O/c1-4-18(9-5-8-17(2)3)13(19)10-6-7-16-12(15)11(10)14/h6-7H,4-5,8-9H2,1-3H3. The summed E-state index contributed by atoms with van der Waals surface area (Å²) in [5, 5.41) is 0. The van der Waals surface area contributed by atoms with Gasteiger partial charge < -0.3 is 9.80 Å². The molecule has 6 heteroatoms. The van der Waals surface area contributed by atoms with Crippen molar-refractivity contribution in [1.29, 1.82) is 0 Å². The molecule has 0 spiro atoms. The van der Waals surface area contributed by atoms with Gasteiger partial charge in [0.1, 0.15) is 0 Å². The van der Waals surface area contributed by atoms with E-state index >= 15 is 0 Å². The molecule has 1 rings (SSSR count). The Balaban J connectivity index is 2.75. The number of halogens is 2. The van der Waals surface area contributed by atoms with Crippen molar-refractivity contribution in [2.75, 3.05) is 33.7 Å². The molecule has 0 aromatic carbocycles. The molecule has 0 atom stereocenters. The Morgan fingerprint density at radius 3 is 2.58 bits per heavy atom. The Morgan fingerprint density at radius 2 is 2.00 bits per heavy atom. The minimum atomic E-state index is -1.24. The van der Waals surface area contributed by atoms with Crippen molar-refractivity contribution >= 4 is 5.91 Å². The molecule has 0 N–H and O–H groups in total. The molecule has 0 unspecified atom stereocenters. The molecule has 1 amide bonds. The van der Waals surface area contributed by atoms with Gasteiger partial charge in [-0.05, 0) is 40.1 Å². The van der Waals surface area contributed by atoms with Crippen LogP contribution >= 0.6 is 0 Å². The predicted molar refractivity (Wildman–Crippen MR) is 68.9 cm³/mol. The van der Waals surface area contributed by atoms with Crippen LogP contribution in [0.2, 0.25) is 0 Å². The van der Waals surface area contributed by atoms with Crippen molar-refractivity contribution in [3.8, 4) is 0 Å². The number of nitrogens with zero attached hydrogens (tertiary/aromatic N) is 3. The lowest BCUT2D eigenvalue weighted by molar-refractivity contribution is 0.0753. The van der Waals surface area contributed by atoms with Gasteiger partial charge in [0.15, 0.2) is 5.82 Å². The van der Waals surface area contributed by atoms with E-state index in [0.29, 0.717) is 13.1 Å². The van der Waals surface area contributed by atoms with Gasteiger partial charge in [0.25, 0.3) is 5.91 Å². The third kappa shape index (κ3) is 4.24. The van der Waals surface area contributed by atoms with Crippen LogP contribution < -0.4 is 0 Å². The molecule has 0 fully saturated rings. The monoisotopic (exact) mass is 271 g/mol. The van der Waals surface area contributed by atoms with Crippen LogP contribution in [0.25, 0.3) is 0 Å². The van der Waals surface area contributed by atoms with Crippen molar-refractivity contribution in [2.45, 2.75) is 13.3 Å². The summed E-state index contributed by atoms with van der Waals surface area (Å²) < 4.78 is 26.5. The van der Waals surface area contributed by atoms with Crippen LogP contribution in [0.1, 0.15) is 23.7 Å². The van der Waals surface area contributed by atoms with Crippen LogP contribution in [-0.4, -0.2) is 54.4 Å². The predicted octanol–water partition coefficient (Wildman–Crippen LogP) is 1.77. The number of carbonyl (C=O) groups excluding carboxylic acids is 1. The second-order valence-electron chi connectivity index (χ2n) is 4.50. The maximum Gasteiger partial charge on any atom is 0.257 e. The van der Waals surface area contributed by atoms with Gasteiger partial charge in [-0.1, -0.05) is 0 Å². The number of hydrogen-bond acceptors (Lipinski definition) is 3. The van der Waals surface area contributed by atoms with Crippen LogP contribution in [0.15, 0.2) is 12.3 Å². The van der Waals surface area contributed by atoms with Crippen LogP contribution in [0.4, 0.5) is 8.78 Å². The molecule has 106 valence electrons. The second kappa shape index (κ2) is 7.13. The number of pyridine rings is 1. The number of aromatic nitrogens is 1. The van der Waals surface area contributed by atoms with Gasteiger partial charge in [0.05, 0.1) is 5.56 Å². The summed E-state index contributed by atoms with van der Waals surface area (Å²) in [5.74, 6) is -2.92. The van der Waals surface area contributed by atoms with Crippen molar-refractivity contribution in [3.05, 3.63) is 29.6 Å². The lowest BCUT2D eigenvalue weighted by Gasteiger charge is -2.22. The van der Waals surface area contributed by atoms with Crippen LogP contribution in [-0.2, 0) is 0 Å². The van der Waals surface area contributed by atoms with E-state index in [1.807, 2.05) is 25.9 Å². The van der Waals surface area contributed by atoms with Gasteiger partial charge >= 0.3 is 0 Å². The Hall–Kier alpha value is -1.56. The lowest BCUT2D eigenvalue weighted by atomic mass is 10.2. The van der Waals surface area contributed by atoms with E-state index in [2.05, 4.69) is 4.98 Å². The number of hydrogen-bond donors (Lipinski definition) is 0. The molecule has 0 radical (unpaired) electrons.